The molecule has 0 radical (unpaired) electrons. The Morgan fingerprint density at radius 1 is 0.935 bits per heavy atom. The number of hydrogen-bond donors (Lipinski definition) is 2. The molecular weight excluding hydrogens is 464 g/mol. The molecule has 8 nitrogen and oxygen atoms in total. The average Bonchev–Trinajstić information content (AvgIpc) is 3.41. The van der Waals surface area contributed by atoms with Gasteiger partial charge in [0.15, 0.2) is 17.1 Å². The maximum absolute atomic E-state index is 13.0. The van der Waals surface area contributed by atoms with E-state index in [9.17, 15) is 9.59 Å². The first-order chi connectivity index (χ1) is 15.1. The Bertz CT molecular complexity index is 1470. The van der Waals surface area contributed by atoms with E-state index in [-0.39, 0.29) is 11.5 Å². The summed E-state index contributed by atoms with van der Waals surface area (Å²) in [6.45, 7) is 0. The van der Waals surface area contributed by atoms with E-state index in [4.69, 9.17) is 4.52 Å². The van der Waals surface area contributed by atoms with Gasteiger partial charge in [0.25, 0.3) is 5.91 Å². The standard InChI is InChI=1S/C22H13BrN4O4/c23-14-7-9-17(16(11-14)20-25-22(29)31-27-20)24-21(28)19-15-8-6-13(10-18(15)30-26-19)12-4-2-1-3-5-12/h1-11H,(H,24,28)(H,25,27,29). The van der Waals surface area contributed by atoms with Crippen molar-refractivity contribution in [2.24, 2.45) is 0 Å². The Morgan fingerprint density at radius 3 is 2.55 bits per heavy atom. The SMILES string of the molecule is O=C(Nc1ccc(Br)cc1-c1noc(=O)[nH]1)c1noc2cc(-c3ccccc3)ccc12. The Hall–Kier alpha value is -3.98. The van der Waals surface area contributed by atoms with Crippen LogP contribution in [0.15, 0.2) is 85.0 Å². The first-order valence-corrected chi connectivity index (χ1v) is 10.00. The van der Waals surface area contributed by atoms with Crippen molar-refractivity contribution in [3.63, 3.8) is 0 Å². The highest BCUT2D eigenvalue weighted by atomic mass is 79.9. The number of carbonyl (C=O) groups is 1. The number of halogens is 1. The van der Waals surface area contributed by atoms with Gasteiger partial charge in [-0.25, -0.2) is 4.79 Å². The Balaban J connectivity index is 1.48. The quantitative estimate of drug-likeness (QED) is 0.383. The third-order valence-corrected chi connectivity index (χ3v) is 5.21. The number of fused-ring (bicyclic) bond motifs is 1. The highest BCUT2D eigenvalue weighted by Crippen LogP contribution is 2.30. The van der Waals surface area contributed by atoms with Gasteiger partial charge in [0.2, 0.25) is 0 Å². The van der Waals surface area contributed by atoms with Crippen molar-refractivity contribution in [3.05, 3.63) is 87.4 Å². The van der Waals surface area contributed by atoms with Crippen LogP contribution in [0.3, 0.4) is 0 Å². The third-order valence-electron chi connectivity index (χ3n) is 4.72. The van der Waals surface area contributed by atoms with Crippen LogP contribution in [0.1, 0.15) is 10.5 Å². The summed E-state index contributed by atoms with van der Waals surface area (Å²) in [6.07, 6.45) is 0. The number of aromatic nitrogens is 3. The Morgan fingerprint density at radius 2 is 1.77 bits per heavy atom. The number of amides is 1. The molecule has 2 heterocycles. The van der Waals surface area contributed by atoms with Gasteiger partial charge in [-0.2, -0.15) is 0 Å². The fraction of sp³-hybridized carbons (Fsp3) is 0. The van der Waals surface area contributed by atoms with Crippen LogP contribution >= 0.6 is 15.9 Å². The molecule has 31 heavy (non-hydrogen) atoms. The predicted octanol–water partition coefficient (Wildman–Crippen LogP) is 4.85. The number of aromatic amines is 1. The van der Waals surface area contributed by atoms with Crippen molar-refractivity contribution in [1.82, 2.24) is 15.3 Å². The van der Waals surface area contributed by atoms with Crippen molar-refractivity contribution < 1.29 is 13.8 Å². The maximum Gasteiger partial charge on any atom is 0.439 e. The maximum atomic E-state index is 13.0. The molecule has 2 aromatic heterocycles. The number of carbonyl (C=O) groups excluding carboxylic acids is 1. The van der Waals surface area contributed by atoms with Crippen molar-refractivity contribution >= 4 is 38.5 Å². The van der Waals surface area contributed by atoms with Gasteiger partial charge in [-0.3, -0.25) is 14.3 Å². The van der Waals surface area contributed by atoms with E-state index in [1.165, 1.54) is 0 Å². The highest BCUT2D eigenvalue weighted by Gasteiger charge is 2.19. The number of H-pyrrole nitrogens is 1. The molecule has 0 aliphatic rings. The van der Waals surface area contributed by atoms with E-state index in [1.54, 1.807) is 24.3 Å². The topological polar surface area (TPSA) is 114 Å². The monoisotopic (exact) mass is 476 g/mol. The van der Waals surface area contributed by atoms with Gasteiger partial charge in [-0.05, 0) is 41.5 Å². The summed E-state index contributed by atoms with van der Waals surface area (Å²) >= 11 is 3.37. The van der Waals surface area contributed by atoms with Crippen molar-refractivity contribution in [2.75, 3.05) is 5.32 Å². The number of nitrogens with zero attached hydrogens (tertiary/aromatic N) is 2. The van der Waals surface area contributed by atoms with Crippen LogP contribution in [0.4, 0.5) is 5.69 Å². The normalized spacial score (nSPS) is 11.0. The minimum Gasteiger partial charge on any atom is -0.355 e. The molecular formula is C22H13BrN4O4. The molecule has 9 heteroatoms. The largest absolute Gasteiger partial charge is 0.439 e. The molecule has 152 valence electrons. The van der Waals surface area contributed by atoms with E-state index >= 15 is 0 Å². The number of rotatable bonds is 4. The van der Waals surface area contributed by atoms with Gasteiger partial charge in [0, 0.05) is 10.0 Å². The van der Waals surface area contributed by atoms with Crippen LogP contribution in [0.25, 0.3) is 33.5 Å². The van der Waals surface area contributed by atoms with Crippen LogP contribution in [0.2, 0.25) is 0 Å². The van der Waals surface area contributed by atoms with E-state index in [2.05, 4.69) is 41.1 Å². The average molecular weight is 477 g/mol. The zero-order valence-corrected chi connectivity index (χ0v) is 17.3. The Kier molecular flexibility index (Phi) is 4.72. The van der Waals surface area contributed by atoms with Gasteiger partial charge in [-0.1, -0.05) is 62.6 Å². The van der Waals surface area contributed by atoms with Crippen molar-refractivity contribution in [2.45, 2.75) is 0 Å². The molecule has 0 atom stereocenters. The van der Waals surface area contributed by atoms with Crippen LogP contribution in [-0.4, -0.2) is 21.2 Å². The molecule has 0 aliphatic heterocycles. The molecule has 5 rings (SSSR count). The summed E-state index contributed by atoms with van der Waals surface area (Å²) in [4.78, 5) is 26.8. The smallest absolute Gasteiger partial charge is 0.355 e. The van der Waals surface area contributed by atoms with E-state index in [0.717, 1.165) is 15.6 Å². The fourth-order valence-electron chi connectivity index (χ4n) is 3.26. The molecule has 3 aromatic carbocycles. The predicted molar refractivity (Wildman–Crippen MR) is 118 cm³/mol. The second-order valence-corrected chi connectivity index (χ2v) is 7.61. The summed E-state index contributed by atoms with van der Waals surface area (Å²) in [5, 5.41) is 11.0. The Labute approximate surface area is 183 Å². The van der Waals surface area contributed by atoms with Crippen LogP contribution in [-0.2, 0) is 0 Å². The van der Waals surface area contributed by atoms with Gasteiger partial charge >= 0.3 is 5.76 Å². The minimum atomic E-state index is -0.691. The van der Waals surface area contributed by atoms with Crippen molar-refractivity contribution in [3.8, 4) is 22.5 Å². The second-order valence-electron chi connectivity index (χ2n) is 6.70. The molecule has 2 N–H and O–H groups in total. The molecule has 0 saturated carbocycles. The lowest BCUT2D eigenvalue weighted by Crippen LogP contribution is -2.13. The molecule has 0 unspecified atom stereocenters. The first-order valence-electron chi connectivity index (χ1n) is 9.20. The molecule has 1 amide bonds. The van der Waals surface area contributed by atoms with E-state index in [0.29, 0.717) is 22.2 Å². The molecule has 0 bridgehead atoms. The van der Waals surface area contributed by atoms with Crippen LogP contribution < -0.4 is 11.1 Å². The summed E-state index contributed by atoms with van der Waals surface area (Å²) in [6, 6.07) is 20.6. The zero-order valence-electron chi connectivity index (χ0n) is 15.8. The third kappa shape index (κ3) is 3.66. The number of anilines is 1. The lowest BCUT2D eigenvalue weighted by atomic mass is 10.0. The summed E-state index contributed by atoms with van der Waals surface area (Å²) in [5.41, 5.74) is 3.55. The summed E-state index contributed by atoms with van der Waals surface area (Å²) in [5.74, 6) is -0.955. The second kappa shape index (κ2) is 7.69. The zero-order chi connectivity index (χ0) is 21.4. The van der Waals surface area contributed by atoms with Crippen LogP contribution in [0.5, 0.6) is 0 Å². The van der Waals surface area contributed by atoms with Gasteiger partial charge in [0.1, 0.15) is 0 Å². The lowest BCUT2D eigenvalue weighted by Gasteiger charge is -2.08. The minimum absolute atomic E-state index is 0.150. The molecule has 0 aliphatic carbocycles. The lowest BCUT2D eigenvalue weighted by molar-refractivity contribution is 0.102. The molecule has 0 saturated heterocycles. The molecule has 0 spiro atoms. The van der Waals surface area contributed by atoms with Gasteiger partial charge in [-0.15, -0.1) is 0 Å². The number of benzene rings is 3. The number of nitrogens with one attached hydrogen (secondary N) is 2. The van der Waals surface area contributed by atoms with E-state index in [1.807, 2.05) is 42.5 Å². The van der Waals surface area contributed by atoms with Gasteiger partial charge < -0.3 is 9.84 Å². The molecule has 0 fully saturated rings. The van der Waals surface area contributed by atoms with E-state index < -0.39 is 11.7 Å². The van der Waals surface area contributed by atoms with Crippen molar-refractivity contribution in [1.29, 1.82) is 0 Å². The summed E-state index contributed by atoms with van der Waals surface area (Å²) in [7, 11) is 0. The summed E-state index contributed by atoms with van der Waals surface area (Å²) < 4.78 is 10.7. The van der Waals surface area contributed by atoms with Gasteiger partial charge in [0.05, 0.1) is 11.1 Å². The fourth-order valence-corrected chi connectivity index (χ4v) is 3.62. The highest BCUT2D eigenvalue weighted by molar-refractivity contribution is 9.10. The van der Waals surface area contributed by atoms with Crippen LogP contribution in [0, 0.1) is 0 Å². The number of hydrogen-bond acceptors (Lipinski definition) is 6. The molecule has 5 aromatic rings. The first kappa shape index (κ1) is 19.0.